The Bertz CT molecular complexity index is 1780. The maximum atomic E-state index is 13.2. The van der Waals surface area contributed by atoms with E-state index in [1.165, 1.54) is 70.6 Å². The normalized spacial score (nSPS) is 18.4. The third kappa shape index (κ3) is 45.8. The molecule has 0 radical (unpaired) electrons. The molecule has 1 saturated heterocycles. The van der Waals surface area contributed by atoms with Gasteiger partial charge in [0, 0.05) is 19.3 Å². The monoisotopic (exact) mass is 1130 g/mol. The molecular weight excluding hydrogens is 1020 g/mol. The topological polar surface area (TPSA) is 175 Å². The van der Waals surface area contributed by atoms with Crippen LogP contribution in [0.3, 0.4) is 0 Å². The fourth-order valence-corrected chi connectivity index (χ4v) is 9.18. The maximum absolute atomic E-state index is 13.2. The Morgan fingerprint density at radius 2 is 0.778 bits per heavy atom. The molecule has 6 atom stereocenters. The number of carbonyl (C=O) groups is 4. The van der Waals surface area contributed by atoms with Crippen LogP contribution < -0.4 is 0 Å². The van der Waals surface area contributed by atoms with Gasteiger partial charge in [-0.1, -0.05) is 221 Å². The molecule has 3 N–H and O–H groups in total. The predicted octanol–water partition coefficient (Wildman–Crippen LogP) is 17.2. The summed E-state index contributed by atoms with van der Waals surface area (Å²) in [6.45, 7) is 5.81. The van der Waals surface area contributed by atoms with Gasteiger partial charge in [-0.15, -0.1) is 0 Å². The zero-order chi connectivity index (χ0) is 58.9. The summed E-state index contributed by atoms with van der Waals surface area (Å²) in [5.41, 5.74) is 0. The Morgan fingerprint density at radius 3 is 1.19 bits per heavy atom. The molecule has 6 unspecified atom stereocenters. The average molecular weight is 1140 g/mol. The van der Waals surface area contributed by atoms with Crippen molar-refractivity contribution in [2.24, 2.45) is 0 Å². The summed E-state index contributed by atoms with van der Waals surface area (Å²) in [4.78, 5) is 51.3. The Balaban J connectivity index is 2.68. The average Bonchev–Trinajstić information content (AvgIpc) is 3.53. The van der Waals surface area contributed by atoms with E-state index in [0.29, 0.717) is 19.3 Å². The molecule has 462 valence electrons. The van der Waals surface area contributed by atoms with Crippen LogP contribution in [0.5, 0.6) is 0 Å². The molecule has 81 heavy (non-hydrogen) atoms. The summed E-state index contributed by atoms with van der Waals surface area (Å²) in [6, 6.07) is 0. The number of aliphatic carboxylic acids is 1. The molecule has 1 rings (SSSR count). The van der Waals surface area contributed by atoms with Gasteiger partial charge in [-0.25, -0.2) is 4.79 Å². The minimum absolute atomic E-state index is 0.0478. The first kappa shape index (κ1) is 74.7. The number of carbonyl (C=O) groups excluding carboxylic acids is 3. The molecule has 0 spiro atoms. The lowest BCUT2D eigenvalue weighted by molar-refractivity contribution is -0.301. The molecule has 12 heteroatoms. The fourth-order valence-electron chi connectivity index (χ4n) is 9.18. The maximum Gasteiger partial charge on any atom is 0.335 e. The number of ether oxygens (including phenoxy) is 5. The lowest BCUT2D eigenvalue weighted by Gasteiger charge is -2.40. The van der Waals surface area contributed by atoms with Crippen molar-refractivity contribution in [3.8, 4) is 0 Å². The number of aliphatic hydroxyl groups excluding tert-OH is 2. The number of carboxylic acid groups (broad SMARTS) is 1. The highest BCUT2D eigenvalue weighted by Gasteiger charge is 2.50. The number of hydrogen-bond acceptors (Lipinski definition) is 11. The van der Waals surface area contributed by atoms with Crippen molar-refractivity contribution in [1.82, 2.24) is 0 Å². The van der Waals surface area contributed by atoms with Gasteiger partial charge in [0.05, 0.1) is 6.61 Å². The SMILES string of the molecule is CC/C=C\C/C=C\C/C=C\C/C=C\CCCCCCC(=O)OCC(COC1OC(C(=O)O)C(O)C(O)C1OC(=O)CCCCCCCCCCC/C=C\C/C=C\CCCCC)OC(=O)CCCCCCC/C=C\C/C=C\CCCCC. The lowest BCUT2D eigenvalue weighted by Crippen LogP contribution is -2.61. The molecule has 0 aliphatic carbocycles. The van der Waals surface area contributed by atoms with Crippen molar-refractivity contribution in [3.05, 3.63) is 97.2 Å². The van der Waals surface area contributed by atoms with Gasteiger partial charge >= 0.3 is 23.9 Å². The molecule has 12 nitrogen and oxygen atoms in total. The molecule has 0 amide bonds. The van der Waals surface area contributed by atoms with Crippen LogP contribution in [0.15, 0.2) is 97.2 Å². The Morgan fingerprint density at radius 1 is 0.420 bits per heavy atom. The molecule has 1 aliphatic rings. The van der Waals surface area contributed by atoms with Gasteiger partial charge < -0.3 is 39.0 Å². The second kappa shape index (κ2) is 56.1. The van der Waals surface area contributed by atoms with E-state index in [9.17, 15) is 34.5 Å². The zero-order valence-corrected chi connectivity index (χ0v) is 51.0. The first-order valence-corrected chi connectivity index (χ1v) is 32.2. The quantitative estimate of drug-likeness (QED) is 0.0228. The van der Waals surface area contributed by atoms with Crippen LogP contribution >= 0.6 is 0 Å². The second-order valence-electron chi connectivity index (χ2n) is 21.7. The van der Waals surface area contributed by atoms with Gasteiger partial charge in [0.25, 0.3) is 0 Å². The molecule has 1 aliphatic heterocycles. The zero-order valence-electron chi connectivity index (χ0n) is 51.0. The first-order chi connectivity index (χ1) is 39.6. The lowest BCUT2D eigenvalue weighted by atomic mass is 9.98. The van der Waals surface area contributed by atoms with E-state index in [0.717, 1.165) is 135 Å². The van der Waals surface area contributed by atoms with Crippen molar-refractivity contribution < 1.29 is 58.2 Å². The van der Waals surface area contributed by atoms with Crippen LogP contribution in [0.25, 0.3) is 0 Å². The smallest absolute Gasteiger partial charge is 0.335 e. The van der Waals surface area contributed by atoms with Gasteiger partial charge in [0.1, 0.15) is 18.8 Å². The first-order valence-electron chi connectivity index (χ1n) is 32.2. The van der Waals surface area contributed by atoms with Crippen LogP contribution in [-0.4, -0.2) is 89.2 Å². The second-order valence-corrected chi connectivity index (χ2v) is 21.7. The van der Waals surface area contributed by atoms with Crippen LogP contribution in [0.1, 0.15) is 265 Å². The van der Waals surface area contributed by atoms with Crippen molar-refractivity contribution in [3.63, 3.8) is 0 Å². The summed E-state index contributed by atoms with van der Waals surface area (Å²) >= 11 is 0. The standard InChI is InChI=1S/C69H114O12/c1-4-7-10-13-16-19-22-25-28-30-31-33-36-39-42-45-48-51-54-57-63(72)80-67-65(74)64(73)66(68(75)76)81-69(67)78-59-60(79-62(71)56-53-50-47-44-41-38-34-27-24-21-18-15-12-9-6-3)58-77-61(70)55-52-49-46-43-40-37-35-32-29-26-23-20-17-14-11-8-5-2/h8,11,16-21,25-29,34-35,37,60,64-67,69,73-74H,4-7,9-10,12-15,22-24,30-33,36,38-59H2,1-3H3,(H,75,76)/b11-8-,19-16-,20-17-,21-18-,28-25-,29-26-,34-27-,37-35-. The molecule has 0 bridgehead atoms. The fraction of sp³-hybridized carbons (Fsp3) is 0.710. The highest BCUT2D eigenvalue weighted by molar-refractivity contribution is 5.74. The number of allylic oxidation sites excluding steroid dienone is 16. The molecule has 0 aromatic rings. The van der Waals surface area contributed by atoms with Gasteiger partial charge in [0.2, 0.25) is 0 Å². The molecule has 0 saturated carbocycles. The summed E-state index contributed by atoms with van der Waals surface area (Å²) in [7, 11) is 0. The van der Waals surface area contributed by atoms with E-state index < -0.39 is 67.3 Å². The Hall–Kier alpha value is -4.36. The van der Waals surface area contributed by atoms with E-state index in [-0.39, 0.29) is 25.9 Å². The van der Waals surface area contributed by atoms with E-state index in [2.05, 4.69) is 118 Å². The van der Waals surface area contributed by atoms with Gasteiger partial charge in [0.15, 0.2) is 24.6 Å². The van der Waals surface area contributed by atoms with Crippen LogP contribution in [0.2, 0.25) is 0 Å². The number of esters is 3. The number of unbranched alkanes of at least 4 members (excludes halogenated alkanes) is 24. The molecule has 0 aromatic heterocycles. The van der Waals surface area contributed by atoms with Gasteiger partial charge in [-0.3, -0.25) is 14.4 Å². The Kier molecular flexibility index (Phi) is 51.7. The van der Waals surface area contributed by atoms with E-state index in [1.807, 2.05) is 0 Å². The largest absolute Gasteiger partial charge is 0.479 e. The van der Waals surface area contributed by atoms with Crippen molar-refractivity contribution >= 4 is 23.9 Å². The molecular formula is C69H114O12. The number of carboxylic acids is 1. The van der Waals surface area contributed by atoms with Crippen molar-refractivity contribution in [2.75, 3.05) is 13.2 Å². The minimum atomic E-state index is -1.91. The third-order valence-corrected chi connectivity index (χ3v) is 14.1. The highest BCUT2D eigenvalue weighted by atomic mass is 16.7. The number of hydrogen-bond donors (Lipinski definition) is 3. The minimum Gasteiger partial charge on any atom is -0.479 e. The van der Waals surface area contributed by atoms with Gasteiger partial charge in [-0.2, -0.15) is 0 Å². The van der Waals surface area contributed by atoms with E-state index >= 15 is 0 Å². The van der Waals surface area contributed by atoms with Crippen LogP contribution in [-0.2, 0) is 42.9 Å². The van der Waals surface area contributed by atoms with Crippen molar-refractivity contribution in [1.29, 1.82) is 0 Å². The van der Waals surface area contributed by atoms with Crippen molar-refractivity contribution in [2.45, 2.75) is 302 Å². The van der Waals surface area contributed by atoms with E-state index in [1.54, 1.807) is 0 Å². The molecule has 1 fully saturated rings. The number of aliphatic hydroxyl groups is 2. The van der Waals surface area contributed by atoms with E-state index in [4.69, 9.17) is 23.7 Å². The van der Waals surface area contributed by atoms with Crippen LogP contribution in [0.4, 0.5) is 0 Å². The third-order valence-electron chi connectivity index (χ3n) is 14.1. The van der Waals surface area contributed by atoms with Gasteiger partial charge in [-0.05, 0) is 122 Å². The molecule has 0 aromatic carbocycles. The predicted molar refractivity (Wildman–Crippen MR) is 331 cm³/mol. The molecule has 1 heterocycles. The summed E-state index contributed by atoms with van der Waals surface area (Å²) in [5, 5.41) is 31.6. The highest BCUT2D eigenvalue weighted by Crippen LogP contribution is 2.26. The Labute approximate surface area is 492 Å². The number of rotatable bonds is 54. The summed E-state index contributed by atoms with van der Waals surface area (Å²) in [6.07, 6.45) is 62.1. The summed E-state index contributed by atoms with van der Waals surface area (Å²) in [5.74, 6) is -3.17. The summed E-state index contributed by atoms with van der Waals surface area (Å²) < 4.78 is 28.5. The van der Waals surface area contributed by atoms with Crippen LogP contribution in [0, 0.1) is 0 Å².